The molecule has 2 N–H and O–H groups in total. The largest absolute Gasteiger partial charge is 0.464 e. The number of alkyl carbamates (subject to hydrolysis) is 1. The van der Waals surface area contributed by atoms with Crippen molar-refractivity contribution < 1.29 is 23.9 Å². The first-order valence-electron chi connectivity index (χ1n) is 6.55. The quantitative estimate of drug-likeness (QED) is 0.606. The highest BCUT2D eigenvalue weighted by atomic mass is 16.5. The van der Waals surface area contributed by atoms with Crippen molar-refractivity contribution >= 4 is 18.0 Å². The van der Waals surface area contributed by atoms with Gasteiger partial charge in [0.15, 0.2) is 0 Å². The van der Waals surface area contributed by atoms with Crippen LogP contribution in [0.3, 0.4) is 0 Å². The van der Waals surface area contributed by atoms with Gasteiger partial charge in [-0.2, -0.15) is 0 Å². The number of rotatable bonds is 6. The van der Waals surface area contributed by atoms with Gasteiger partial charge < -0.3 is 20.1 Å². The topological polar surface area (TPSA) is 93.7 Å². The fraction of sp³-hybridized carbons (Fsp3) is 0.267. The van der Waals surface area contributed by atoms with E-state index in [-0.39, 0.29) is 18.8 Å². The number of esters is 1. The number of hydrogen-bond donors (Lipinski definition) is 2. The van der Waals surface area contributed by atoms with Gasteiger partial charge in [-0.05, 0) is 12.5 Å². The monoisotopic (exact) mass is 306 g/mol. The summed E-state index contributed by atoms with van der Waals surface area (Å²) < 4.78 is 9.43. The number of methoxy groups -OCH3 is 1. The van der Waals surface area contributed by atoms with E-state index in [0.717, 1.165) is 5.56 Å². The Bertz CT molecular complexity index is 554. The van der Waals surface area contributed by atoms with E-state index in [1.165, 1.54) is 13.2 Å². The van der Waals surface area contributed by atoms with Crippen molar-refractivity contribution in [2.24, 2.45) is 0 Å². The lowest BCUT2D eigenvalue weighted by Gasteiger charge is -2.09. The van der Waals surface area contributed by atoms with Gasteiger partial charge in [0.05, 0.1) is 7.11 Å². The van der Waals surface area contributed by atoms with Gasteiger partial charge in [0.25, 0.3) is 0 Å². The molecule has 0 unspecified atom stereocenters. The van der Waals surface area contributed by atoms with Gasteiger partial charge in [0, 0.05) is 0 Å². The van der Waals surface area contributed by atoms with Crippen LogP contribution in [-0.4, -0.2) is 31.6 Å². The number of hydrogen-bond acceptors (Lipinski definition) is 5. The molecule has 0 aliphatic rings. The Morgan fingerprint density at radius 1 is 1.18 bits per heavy atom. The summed E-state index contributed by atoms with van der Waals surface area (Å²) >= 11 is 0. The third-order valence-corrected chi connectivity index (χ3v) is 2.57. The molecule has 7 heteroatoms. The third kappa shape index (κ3) is 6.08. The highest BCUT2D eigenvalue weighted by molar-refractivity contribution is 5.94. The minimum absolute atomic E-state index is 0.00644. The molecule has 0 aliphatic carbocycles. The Balaban J connectivity index is 2.31. The van der Waals surface area contributed by atoms with Crippen molar-refractivity contribution in [3.8, 4) is 0 Å². The zero-order valence-electron chi connectivity index (χ0n) is 12.4. The molecule has 0 heterocycles. The van der Waals surface area contributed by atoms with Crippen molar-refractivity contribution in [2.45, 2.75) is 13.5 Å². The van der Waals surface area contributed by atoms with E-state index in [1.807, 2.05) is 30.3 Å². The van der Waals surface area contributed by atoms with E-state index in [2.05, 4.69) is 15.4 Å². The van der Waals surface area contributed by atoms with E-state index in [1.54, 1.807) is 6.92 Å². The number of amides is 2. The molecular weight excluding hydrogens is 288 g/mol. The molecule has 0 fully saturated rings. The number of ether oxygens (including phenoxy) is 2. The molecule has 1 aromatic rings. The predicted octanol–water partition coefficient (Wildman–Crippen LogP) is 1.11. The SMILES string of the molecule is C/C=C(\NC(=O)CNC(=O)OCc1ccccc1)C(=O)OC. The minimum atomic E-state index is -0.723. The van der Waals surface area contributed by atoms with Crippen molar-refractivity contribution in [3.63, 3.8) is 0 Å². The standard InChI is InChI=1S/C15H18N2O5/c1-3-12(14(19)21-2)17-13(18)9-16-15(20)22-10-11-7-5-4-6-8-11/h3-8H,9-10H2,1-2H3,(H,16,20)(H,17,18)/b12-3-. The highest BCUT2D eigenvalue weighted by Gasteiger charge is 2.13. The van der Waals surface area contributed by atoms with Crippen LogP contribution in [0.1, 0.15) is 12.5 Å². The van der Waals surface area contributed by atoms with Gasteiger partial charge >= 0.3 is 12.1 Å². The summed E-state index contributed by atoms with van der Waals surface area (Å²) in [5, 5.41) is 4.61. The Morgan fingerprint density at radius 3 is 2.45 bits per heavy atom. The summed E-state index contributed by atoms with van der Waals surface area (Å²) in [6.07, 6.45) is 0.677. The van der Waals surface area contributed by atoms with E-state index in [9.17, 15) is 14.4 Å². The molecule has 2 amide bonds. The van der Waals surface area contributed by atoms with Gasteiger partial charge in [-0.3, -0.25) is 4.79 Å². The molecule has 0 radical (unpaired) electrons. The second kappa shape index (κ2) is 9.17. The molecule has 22 heavy (non-hydrogen) atoms. The molecule has 0 spiro atoms. The summed E-state index contributed by atoms with van der Waals surface area (Å²) in [5.41, 5.74) is 0.843. The third-order valence-electron chi connectivity index (χ3n) is 2.57. The first-order chi connectivity index (χ1) is 10.6. The normalized spacial score (nSPS) is 10.5. The average molecular weight is 306 g/mol. The Kier molecular flexibility index (Phi) is 7.18. The van der Waals surface area contributed by atoms with E-state index in [4.69, 9.17) is 4.74 Å². The first-order valence-corrected chi connectivity index (χ1v) is 6.55. The number of carbonyl (C=O) groups excluding carboxylic acids is 3. The van der Waals surface area contributed by atoms with Gasteiger partial charge in [-0.15, -0.1) is 0 Å². The van der Waals surface area contributed by atoms with Crippen molar-refractivity contribution in [1.82, 2.24) is 10.6 Å². The fourth-order valence-corrected chi connectivity index (χ4v) is 1.47. The lowest BCUT2D eigenvalue weighted by Crippen LogP contribution is -2.38. The van der Waals surface area contributed by atoms with Crippen LogP contribution in [0.15, 0.2) is 42.1 Å². The second-order valence-electron chi connectivity index (χ2n) is 4.16. The second-order valence-corrected chi connectivity index (χ2v) is 4.16. The molecule has 0 saturated heterocycles. The maximum atomic E-state index is 11.6. The highest BCUT2D eigenvalue weighted by Crippen LogP contribution is 2.00. The van der Waals surface area contributed by atoms with Crippen LogP contribution in [0.4, 0.5) is 4.79 Å². The van der Waals surface area contributed by atoms with E-state index < -0.39 is 18.0 Å². The molecule has 7 nitrogen and oxygen atoms in total. The van der Waals surface area contributed by atoms with Gasteiger partial charge in [0.1, 0.15) is 18.8 Å². The molecule has 0 bridgehead atoms. The number of nitrogens with one attached hydrogen (secondary N) is 2. The van der Waals surface area contributed by atoms with Crippen LogP contribution in [0.25, 0.3) is 0 Å². The zero-order chi connectivity index (χ0) is 16.4. The summed E-state index contributed by atoms with van der Waals surface area (Å²) in [5.74, 6) is -1.22. The van der Waals surface area contributed by atoms with Crippen molar-refractivity contribution in [1.29, 1.82) is 0 Å². The number of allylic oxidation sites excluding steroid dienone is 1. The Labute approximate surface area is 128 Å². The summed E-state index contributed by atoms with van der Waals surface area (Å²) in [4.78, 5) is 34.3. The Hall–Kier alpha value is -2.83. The number of benzene rings is 1. The summed E-state index contributed by atoms with van der Waals surface area (Å²) in [6.45, 7) is 1.37. The minimum Gasteiger partial charge on any atom is -0.464 e. The molecule has 0 aliphatic heterocycles. The average Bonchev–Trinajstić information content (AvgIpc) is 2.56. The van der Waals surface area contributed by atoms with Crippen molar-refractivity contribution in [3.05, 3.63) is 47.7 Å². The molecule has 1 aromatic carbocycles. The van der Waals surface area contributed by atoms with Crippen LogP contribution < -0.4 is 10.6 Å². The van der Waals surface area contributed by atoms with Crippen LogP contribution >= 0.6 is 0 Å². The molecule has 0 saturated carbocycles. The Morgan fingerprint density at radius 2 is 1.86 bits per heavy atom. The van der Waals surface area contributed by atoms with Crippen molar-refractivity contribution in [2.75, 3.05) is 13.7 Å². The summed E-state index contributed by atoms with van der Waals surface area (Å²) in [7, 11) is 1.21. The zero-order valence-corrected chi connectivity index (χ0v) is 12.4. The lowest BCUT2D eigenvalue weighted by molar-refractivity contribution is -0.137. The molecule has 0 aromatic heterocycles. The maximum absolute atomic E-state index is 11.6. The van der Waals surface area contributed by atoms with Gasteiger partial charge in [0.2, 0.25) is 5.91 Å². The van der Waals surface area contributed by atoms with Crippen LogP contribution in [-0.2, 0) is 25.7 Å². The smallest absolute Gasteiger partial charge is 0.407 e. The molecule has 1 rings (SSSR count). The van der Waals surface area contributed by atoms with E-state index in [0.29, 0.717) is 0 Å². The lowest BCUT2D eigenvalue weighted by atomic mass is 10.2. The van der Waals surface area contributed by atoms with Crippen LogP contribution in [0, 0.1) is 0 Å². The molecule has 0 atom stereocenters. The van der Waals surface area contributed by atoms with Gasteiger partial charge in [-0.25, -0.2) is 9.59 Å². The first kappa shape index (κ1) is 17.2. The number of carbonyl (C=O) groups is 3. The molecule has 118 valence electrons. The summed E-state index contributed by atoms with van der Waals surface area (Å²) in [6, 6.07) is 9.14. The van der Waals surface area contributed by atoms with Crippen LogP contribution in [0.5, 0.6) is 0 Å². The van der Waals surface area contributed by atoms with Crippen LogP contribution in [0.2, 0.25) is 0 Å². The predicted molar refractivity (Wildman–Crippen MR) is 78.5 cm³/mol. The maximum Gasteiger partial charge on any atom is 0.407 e. The van der Waals surface area contributed by atoms with Gasteiger partial charge in [-0.1, -0.05) is 36.4 Å². The fourth-order valence-electron chi connectivity index (χ4n) is 1.47. The van der Waals surface area contributed by atoms with E-state index >= 15 is 0 Å². The molecular formula is C15H18N2O5.